The van der Waals surface area contributed by atoms with Gasteiger partial charge in [0.25, 0.3) is 0 Å². The molecule has 4 rings (SSSR count). The highest BCUT2D eigenvalue weighted by atomic mass is 35.5. The van der Waals surface area contributed by atoms with Crippen molar-refractivity contribution in [3.8, 4) is 17.2 Å². The van der Waals surface area contributed by atoms with Crippen molar-refractivity contribution in [2.24, 2.45) is 0 Å². The summed E-state index contributed by atoms with van der Waals surface area (Å²) in [6, 6.07) is 24.6. The number of hydrogen-bond donors (Lipinski definition) is 0. The second-order valence-electron chi connectivity index (χ2n) is 7.24. The highest BCUT2D eigenvalue weighted by Crippen LogP contribution is 2.53. The Balaban J connectivity index is 1.42. The van der Waals surface area contributed by atoms with Gasteiger partial charge in [0, 0.05) is 0 Å². The van der Waals surface area contributed by atoms with Gasteiger partial charge in [-0.3, -0.25) is 4.79 Å². The minimum Gasteiger partial charge on any atom is -0.494 e. The van der Waals surface area contributed by atoms with Gasteiger partial charge >= 0.3 is 5.97 Å². The molecule has 0 saturated heterocycles. The third kappa shape index (κ3) is 4.29. The van der Waals surface area contributed by atoms with Gasteiger partial charge in [0.2, 0.25) is 0 Å². The average Bonchev–Trinajstić information content (AvgIpc) is 3.46. The second-order valence-corrected chi connectivity index (χ2v) is 7.77. The van der Waals surface area contributed by atoms with Crippen LogP contribution < -0.4 is 9.47 Å². The minimum absolute atomic E-state index is 0.160. The van der Waals surface area contributed by atoms with E-state index in [0.717, 1.165) is 22.6 Å². The first-order valence-electron chi connectivity index (χ1n) is 9.98. The van der Waals surface area contributed by atoms with Crippen LogP contribution in [0.4, 0.5) is 0 Å². The predicted molar refractivity (Wildman–Crippen MR) is 116 cm³/mol. The van der Waals surface area contributed by atoms with Crippen LogP contribution in [0.15, 0.2) is 78.9 Å². The maximum absolute atomic E-state index is 12.9. The summed E-state index contributed by atoms with van der Waals surface area (Å²) in [4.78, 5) is 12.9. The SMILES string of the molecule is CCOc1ccc([C@@]2(C(=O)OCc3cccc(Oc4ccccc4)c3)C[C@H]2Cl)cc1. The molecule has 0 aliphatic heterocycles. The molecular weight excluding hydrogens is 400 g/mol. The lowest BCUT2D eigenvalue weighted by molar-refractivity contribution is -0.148. The maximum Gasteiger partial charge on any atom is 0.318 e. The summed E-state index contributed by atoms with van der Waals surface area (Å²) in [5.41, 5.74) is 0.923. The van der Waals surface area contributed by atoms with Crippen LogP contribution in [0.3, 0.4) is 0 Å². The molecular formula is C25H23ClO4. The first-order valence-corrected chi connectivity index (χ1v) is 10.4. The van der Waals surface area contributed by atoms with Gasteiger partial charge in [0.05, 0.1) is 12.0 Å². The molecule has 0 amide bonds. The number of rotatable bonds is 8. The van der Waals surface area contributed by atoms with E-state index in [2.05, 4.69) is 0 Å². The van der Waals surface area contributed by atoms with Gasteiger partial charge in [-0.1, -0.05) is 42.5 Å². The van der Waals surface area contributed by atoms with Gasteiger partial charge in [-0.15, -0.1) is 11.6 Å². The first kappa shape index (κ1) is 20.3. The predicted octanol–water partition coefficient (Wildman–Crippen LogP) is 5.87. The molecule has 0 unspecified atom stereocenters. The Kier molecular flexibility index (Phi) is 5.96. The van der Waals surface area contributed by atoms with E-state index in [4.69, 9.17) is 25.8 Å². The third-order valence-corrected chi connectivity index (χ3v) is 5.69. The van der Waals surface area contributed by atoms with Crippen LogP contribution in [0, 0.1) is 0 Å². The second kappa shape index (κ2) is 8.80. The van der Waals surface area contributed by atoms with Gasteiger partial charge in [0.1, 0.15) is 29.3 Å². The highest BCUT2D eigenvalue weighted by molar-refractivity contribution is 6.27. The van der Waals surface area contributed by atoms with Gasteiger partial charge < -0.3 is 14.2 Å². The minimum atomic E-state index is -0.787. The summed E-state index contributed by atoms with van der Waals surface area (Å²) in [6.07, 6.45) is 0.568. The molecule has 30 heavy (non-hydrogen) atoms. The van der Waals surface area contributed by atoms with E-state index in [-0.39, 0.29) is 18.0 Å². The fourth-order valence-electron chi connectivity index (χ4n) is 3.47. The van der Waals surface area contributed by atoms with Crippen molar-refractivity contribution in [3.05, 3.63) is 90.0 Å². The molecule has 0 radical (unpaired) electrons. The lowest BCUT2D eigenvalue weighted by atomic mass is 9.96. The molecule has 1 saturated carbocycles. The topological polar surface area (TPSA) is 44.8 Å². The molecule has 0 aromatic heterocycles. The number of para-hydroxylation sites is 1. The van der Waals surface area contributed by atoms with Crippen LogP contribution in [0.25, 0.3) is 0 Å². The van der Waals surface area contributed by atoms with Gasteiger partial charge in [-0.05, 0) is 60.9 Å². The Bertz CT molecular complexity index is 1000. The van der Waals surface area contributed by atoms with Crippen molar-refractivity contribution in [1.29, 1.82) is 0 Å². The number of carbonyl (C=O) groups excluding carboxylic acids is 1. The van der Waals surface area contributed by atoms with E-state index in [1.165, 1.54) is 0 Å². The first-order chi connectivity index (χ1) is 14.6. The van der Waals surface area contributed by atoms with Crippen LogP contribution in [-0.2, 0) is 21.6 Å². The normalized spacial score (nSPS) is 19.7. The highest BCUT2D eigenvalue weighted by Gasteiger charge is 2.62. The summed E-state index contributed by atoms with van der Waals surface area (Å²) in [7, 11) is 0. The fraction of sp³-hybridized carbons (Fsp3) is 0.240. The average molecular weight is 423 g/mol. The number of carbonyl (C=O) groups is 1. The van der Waals surface area contributed by atoms with Gasteiger partial charge in [0.15, 0.2) is 0 Å². The standard InChI is InChI=1S/C25H23ClO4/c1-2-28-20-13-11-19(12-14-20)25(16-23(25)26)24(27)29-17-18-7-6-10-22(15-18)30-21-8-4-3-5-9-21/h3-15,23H,2,16-17H2,1H3/t23-,25+/m1/s1. The zero-order valence-corrected chi connectivity index (χ0v) is 17.5. The lowest BCUT2D eigenvalue weighted by Crippen LogP contribution is -2.26. The summed E-state index contributed by atoms with van der Waals surface area (Å²) < 4.78 is 17.0. The van der Waals surface area contributed by atoms with Crippen molar-refractivity contribution in [1.82, 2.24) is 0 Å². The third-order valence-electron chi connectivity index (χ3n) is 5.17. The molecule has 1 aliphatic rings. The van der Waals surface area contributed by atoms with Crippen LogP contribution in [-0.4, -0.2) is 18.0 Å². The maximum atomic E-state index is 12.9. The van der Waals surface area contributed by atoms with Gasteiger partial charge in [-0.2, -0.15) is 0 Å². The molecule has 0 spiro atoms. The van der Waals surface area contributed by atoms with Crippen LogP contribution in [0.5, 0.6) is 17.2 Å². The van der Waals surface area contributed by atoms with Crippen LogP contribution in [0.2, 0.25) is 0 Å². The van der Waals surface area contributed by atoms with Gasteiger partial charge in [-0.25, -0.2) is 0 Å². The lowest BCUT2D eigenvalue weighted by Gasteiger charge is -2.16. The van der Waals surface area contributed by atoms with Crippen molar-refractivity contribution >= 4 is 17.6 Å². The molecule has 0 heterocycles. The molecule has 1 aliphatic carbocycles. The number of ether oxygens (including phenoxy) is 3. The number of benzene rings is 3. The van der Waals surface area contributed by atoms with E-state index < -0.39 is 5.41 Å². The van der Waals surface area contributed by atoms with E-state index >= 15 is 0 Å². The molecule has 4 nitrogen and oxygen atoms in total. The largest absolute Gasteiger partial charge is 0.494 e. The Morgan fingerprint density at radius 3 is 2.33 bits per heavy atom. The molecule has 3 aromatic carbocycles. The smallest absolute Gasteiger partial charge is 0.318 e. The monoisotopic (exact) mass is 422 g/mol. The Hall–Kier alpha value is -2.98. The molecule has 0 bridgehead atoms. The van der Waals surface area contributed by atoms with Crippen LogP contribution >= 0.6 is 11.6 Å². The van der Waals surface area contributed by atoms with Crippen molar-refractivity contribution in [2.75, 3.05) is 6.61 Å². The van der Waals surface area contributed by atoms with Crippen LogP contribution in [0.1, 0.15) is 24.5 Å². The zero-order valence-electron chi connectivity index (χ0n) is 16.7. The van der Waals surface area contributed by atoms with E-state index in [9.17, 15) is 4.79 Å². The van der Waals surface area contributed by atoms with E-state index in [1.807, 2.05) is 85.8 Å². The summed E-state index contributed by atoms with van der Waals surface area (Å²) >= 11 is 6.38. The Morgan fingerprint density at radius 1 is 0.967 bits per heavy atom. The molecule has 1 fully saturated rings. The fourth-order valence-corrected chi connectivity index (χ4v) is 3.93. The number of halogens is 1. The molecule has 3 aromatic rings. The number of hydrogen-bond acceptors (Lipinski definition) is 4. The Morgan fingerprint density at radius 2 is 1.67 bits per heavy atom. The quantitative estimate of drug-likeness (QED) is 0.336. The molecule has 0 N–H and O–H groups in total. The molecule has 154 valence electrons. The van der Waals surface area contributed by atoms with E-state index in [1.54, 1.807) is 0 Å². The van der Waals surface area contributed by atoms with Crippen molar-refractivity contribution < 1.29 is 19.0 Å². The number of alkyl halides is 1. The summed E-state index contributed by atoms with van der Waals surface area (Å²) in [5, 5.41) is -0.268. The Labute approximate surface area is 181 Å². The summed E-state index contributed by atoms with van der Waals surface area (Å²) in [5.74, 6) is 1.91. The summed E-state index contributed by atoms with van der Waals surface area (Å²) in [6.45, 7) is 2.69. The molecule has 2 atom stereocenters. The molecule has 5 heteroatoms. The van der Waals surface area contributed by atoms with Crippen molar-refractivity contribution in [2.45, 2.75) is 30.7 Å². The number of esters is 1. The van der Waals surface area contributed by atoms with E-state index in [0.29, 0.717) is 18.8 Å². The zero-order chi connectivity index (χ0) is 21.0. The van der Waals surface area contributed by atoms with Crippen molar-refractivity contribution in [3.63, 3.8) is 0 Å².